The van der Waals surface area contributed by atoms with Crippen LogP contribution in [0.15, 0.2) is 29.1 Å². The van der Waals surface area contributed by atoms with Crippen molar-refractivity contribution in [3.63, 3.8) is 0 Å². The van der Waals surface area contributed by atoms with Crippen molar-refractivity contribution < 1.29 is 17.9 Å². The highest BCUT2D eigenvalue weighted by Crippen LogP contribution is 2.23. The highest BCUT2D eigenvalue weighted by Gasteiger charge is 2.31. The van der Waals surface area contributed by atoms with E-state index in [0.29, 0.717) is 30.9 Å². The zero-order valence-corrected chi connectivity index (χ0v) is 10.9. The summed E-state index contributed by atoms with van der Waals surface area (Å²) in [6.07, 6.45) is -3.63. The molecular formula is C12H13F3N4O2. The molecule has 3 N–H and O–H groups in total. The number of nitrogens with zero attached hydrogens (tertiary/aromatic N) is 2. The molecule has 1 aromatic heterocycles. The average molecular weight is 302 g/mol. The lowest BCUT2D eigenvalue weighted by Gasteiger charge is -2.10. The van der Waals surface area contributed by atoms with Crippen LogP contribution < -0.4 is 16.2 Å². The number of aryl methyl sites for hydroxylation is 1. The first-order valence-corrected chi connectivity index (χ1v) is 6.13. The first-order chi connectivity index (χ1) is 9.90. The van der Waals surface area contributed by atoms with Gasteiger partial charge in [0.05, 0.1) is 5.69 Å². The quantitative estimate of drug-likeness (QED) is 0.873. The minimum atomic E-state index is -4.75. The summed E-state index contributed by atoms with van der Waals surface area (Å²) in [5.74, 6) is 0.112. The second-order valence-electron chi connectivity index (χ2n) is 4.21. The number of benzene rings is 1. The van der Waals surface area contributed by atoms with Crippen molar-refractivity contribution in [3.05, 3.63) is 40.6 Å². The van der Waals surface area contributed by atoms with Gasteiger partial charge in [-0.25, -0.2) is 14.5 Å². The third kappa shape index (κ3) is 3.85. The van der Waals surface area contributed by atoms with Crippen LogP contribution in [0.5, 0.6) is 5.75 Å². The Hall–Kier alpha value is -2.29. The molecule has 0 aliphatic carbocycles. The van der Waals surface area contributed by atoms with Crippen LogP contribution in [0.4, 0.5) is 13.2 Å². The van der Waals surface area contributed by atoms with Crippen molar-refractivity contribution in [1.29, 1.82) is 0 Å². The SMILES string of the molecule is NCCCc1n[nH]c(=O)n1-c1ccc(OC(F)(F)F)cc1. The molecule has 0 bridgehead atoms. The summed E-state index contributed by atoms with van der Waals surface area (Å²) in [4.78, 5) is 11.7. The van der Waals surface area contributed by atoms with Crippen molar-refractivity contribution in [2.45, 2.75) is 19.2 Å². The average Bonchev–Trinajstić information content (AvgIpc) is 2.77. The summed E-state index contributed by atoms with van der Waals surface area (Å²) < 4.78 is 41.3. The van der Waals surface area contributed by atoms with Crippen LogP contribution in [0.25, 0.3) is 5.69 Å². The van der Waals surface area contributed by atoms with Gasteiger partial charge in [0.2, 0.25) is 0 Å². The van der Waals surface area contributed by atoms with Crippen LogP contribution in [0.3, 0.4) is 0 Å². The summed E-state index contributed by atoms with van der Waals surface area (Å²) in [7, 11) is 0. The maximum absolute atomic E-state index is 12.1. The number of hydrogen-bond acceptors (Lipinski definition) is 4. The fraction of sp³-hybridized carbons (Fsp3) is 0.333. The van der Waals surface area contributed by atoms with Gasteiger partial charge in [-0.05, 0) is 37.2 Å². The van der Waals surface area contributed by atoms with Gasteiger partial charge >= 0.3 is 12.1 Å². The second-order valence-corrected chi connectivity index (χ2v) is 4.21. The summed E-state index contributed by atoms with van der Waals surface area (Å²) in [6.45, 7) is 0.444. The highest BCUT2D eigenvalue weighted by atomic mass is 19.4. The van der Waals surface area contributed by atoms with E-state index in [1.54, 1.807) is 0 Å². The molecule has 0 saturated carbocycles. The van der Waals surface area contributed by atoms with Gasteiger partial charge < -0.3 is 10.5 Å². The third-order valence-electron chi connectivity index (χ3n) is 2.67. The van der Waals surface area contributed by atoms with Crippen molar-refractivity contribution >= 4 is 0 Å². The van der Waals surface area contributed by atoms with Gasteiger partial charge in [-0.15, -0.1) is 13.2 Å². The number of alkyl halides is 3. The number of rotatable bonds is 5. The van der Waals surface area contributed by atoms with Gasteiger partial charge in [0.1, 0.15) is 11.6 Å². The van der Waals surface area contributed by atoms with Crippen LogP contribution in [-0.2, 0) is 6.42 Å². The fourth-order valence-corrected chi connectivity index (χ4v) is 1.82. The molecule has 0 atom stereocenters. The molecule has 0 radical (unpaired) electrons. The Morgan fingerprint density at radius 2 is 1.95 bits per heavy atom. The van der Waals surface area contributed by atoms with Gasteiger partial charge in [0.25, 0.3) is 0 Å². The molecule has 2 aromatic rings. The molecule has 1 heterocycles. The Labute approximate surface area is 117 Å². The van der Waals surface area contributed by atoms with E-state index in [-0.39, 0.29) is 5.75 Å². The fourth-order valence-electron chi connectivity index (χ4n) is 1.82. The second kappa shape index (κ2) is 6.00. The molecule has 114 valence electrons. The highest BCUT2D eigenvalue weighted by molar-refractivity contribution is 5.38. The Bertz CT molecular complexity index is 646. The van der Waals surface area contributed by atoms with Gasteiger partial charge in [-0.1, -0.05) is 0 Å². The molecule has 0 amide bonds. The predicted molar refractivity (Wildman–Crippen MR) is 68.2 cm³/mol. The lowest BCUT2D eigenvalue weighted by atomic mass is 10.2. The zero-order chi connectivity index (χ0) is 15.5. The smallest absolute Gasteiger partial charge is 0.406 e. The maximum Gasteiger partial charge on any atom is 0.573 e. The van der Waals surface area contributed by atoms with Gasteiger partial charge in [-0.3, -0.25) is 0 Å². The van der Waals surface area contributed by atoms with E-state index in [9.17, 15) is 18.0 Å². The van der Waals surface area contributed by atoms with E-state index in [1.165, 1.54) is 16.7 Å². The zero-order valence-electron chi connectivity index (χ0n) is 10.9. The Balaban J connectivity index is 2.26. The van der Waals surface area contributed by atoms with E-state index in [2.05, 4.69) is 14.9 Å². The van der Waals surface area contributed by atoms with Crippen LogP contribution in [-0.4, -0.2) is 27.7 Å². The van der Waals surface area contributed by atoms with Gasteiger partial charge in [0.15, 0.2) is 0 Å². The maximum atomic E-state index is 12.1. The summed E-state index contributed by atoms with van der Waals surface area (Å²) in [5, 5.41) is 6.17. The minimum absolute atomic E-state index is 0.355. The first-order valence-electron chi connectivity index (χ1n) is 6.13. The molecular weight excluding hydrogens is 289 g/mol. The number of nitrogens with one attached hydrogen (secondary N) is 1. The van der Waals surface area contributed by atoms with Gasteiger partial charge in [-0.2, -0.15) is 5.10 Å². The number of aromatic nitrogens is 3. The first kappa shape index (κ1) is 15.1. The van der Waals surface area contributed by atoms with Crippen LogP contribution in [0.1, 0.15) is 12.2 Å². The lowest BCUT2D eigenvalue weighted by Crippen LogP contribution is -2.18. The van der Waals surface area contributed by atoms with Crippen LogP contribution >= 0.6 is 0 Å². The lowest BCUT2D eigenvalue weighted by molar-refractivity contribution is -0.274. The predicted octanol–water partition coefficient (Wildman–Crippen LogP) is 1.35. The van der Waals surface area contributed by atoms with E-state index >= 15 is 0 Å². The molecule has 0 spiro atoms. The number of aromatic amines is 1. The number of hydrogen-bond donors (Lipinski definition) is 2. The monoisotopic (exact) mass is 302 g/mol. The molecule has 2 rings (SSSR count). The van der Waals surface area contributed by atoms with Crippen molar-refractivity contribution in [2.75, 3.05) is 6.54 Å². The largest absolute Gasteiger partial charge is 0.573 e. The van der Waals surface area contributed by atoms with Crippen LogP contribution in [0, 0.1) is 0 Å². The van der Waals surface area contributed by atoms with Crippen molar-refractivity contribution in [1.82, 2.24) is 14.8 Å². The summed E-state index contributed by atoms with van der Waals surface area (Å²) in [6, 6.07) is 4.97. The molecule has 21 heavy (non-hydrogen) atoms. The Morgan fingerprint density at radius 1 is 1.29 bits per heavy atom. The molecule has 0 fully saturated rings. The number of ether oxygens (including phenoxy) is 1. The normalized spacial score (nSPS) is 11.6. The number of halogens is 3. The molecule has 0 aliphatic rings. The Morgan fingerprint density at radius 3 is 2.52 bits per heavy atom. The minimum Gasteiger partial charge on any atom is -0.406 e. The molecule has 0 aliphatic heterocycles. The molecule has 9 heteroatoms. The number of nitrogens with two attached hydrogens (primary N) is 1. The van der Waals surface area contributed by atoms with Crippen molar-refractivity contribution in [2.24, 2.45) is 5.73 Å². The van der Waals surface area contributed by atoms with E-state index in [4.69, 9.17) is 5.73 Å². The molecule has 0 unspecified atom stereocenters. The standard InChI is InChI=1S/C12H13F3N4O2/c13-12(14,15)21-9-5-3-8(4-6-9)19-10(2-1-7-16)17-18-11(19)20/h3-6H,1-2,7,16H2,(H,18,20). The van der Waals surface area contributed by atoms with E-state index < -0.39 is 12.1 Å². The Kier molecular flexibility index (Phi) is 4.32. The third-order valence-corrected chi connectivity index (χ3v) is 2.67. The summed E-state index contributed by atoms with van der Waals surface area (Å²) >= 11 is 0. The topological polar surface area (TPSA) is 85.9 Å². The van der Waals surface area contributed by atoms with E-state index in [0.717, 1.165) is 12.1 Å². The molecule has 6 nitrogen and oxygen atoms in total. The van der Waals surface area contributed by atoms with Gasteiger partial charge in [0, 0.05) is 6.42 Å². The van der Waals surface area contributed by atoms with Crippen molar-refractivity contribution in [3.8, 4) is 11.4 Å². The number of H-pyrrole nitrogens is 1. The summed E-state index contributed by atoms with van der Waals surface area (Å²) in [5.41, 5.74) is 5.33. The molecule has 1 aromatic carbocycles. The van der Waals surface area contributed by atoms with Crippen LogP contribution in [0.2, 0.25) is 0 Å². The van der Waals surface area contributed by atoms with E-state index in [1.807, 2.05) is 0 Å². The molecule has 0 saturated heterocycles.